The Balaban J connectivity index is 1.97. The lowest BCUT2D eigenvalue weighted by Gasteiger charge is -2.21. The molecule has 0 radical (unpaired) electrons. The Hall–Kier alpha value is -0.840. The molecule has 1 fully saturated rings. The van der Waals surface area contributed by atoms with Gasteiger partial charge in [-0.15, -0.1) is 11.8 Å². The summed E-state index contributed by atoms with van der Waals surface area (Å²) in [7, 11) is 0. The van der Waals surface area contributed by atoms with Crippen molar-refractivity contribution in [3.05, 3.63) is 29.8 Å². The average Bonchev–Trinajstić information content (AvgIpc) is 2.85. The molecule has 1 saturated carbocycles. The van der Waals surface area contributed by atoms with E-state index in [0.717, 1.165) is 30.6 Å². The zero-order valence-corrected chi connectivity index (χ0v) is 11.9. The molecule has 1 aromatic carbocycles. The number of rotatable bonds is 6. The fraction of sp³-hybridized carbons (Fsp3) is 0.533. The predicted octanol–water partition coefficient (Wildman–Crippen LogP) is 2.62. The smallest absolute Gasteiger partial charge is 0.164 e. The minimum Gasteiger partial charge on any atom is -0.389 e. The summed E-state index contributed by atoms with van der Waals surface area (Å²) in [5.74, 6) is 0.797. The minimum absolute atomic E-state index is 0.0875. The summed E-state index contributed by atoms with van der Waals surface area (Å²) >= 11 is 1.63. The summed E-state index contributed by atoms with van der Waals surface area (Å²) in [6.07, 6.45) is 4.41. The molecule has 104 valence electrons. The lowest BCUT2D eigenvalue weighted by molar-refractivity contribution is 0.0732. The Morgan fingerprint density at radius 3 is 2.79 bits per heavy atom. The highest BCUT2D eigenvalue weighted by Crippen LogP contribution is 2.34. The van der Waals surface area contributed by atoms with Crippen LogP contribution in [0, 0.1) is 0 Å². The molecule has 3 N–H and O–H groups in total. The number of benzene rings is 1. The van der Waals surface area contributed by atoms with Crippen LogP contribution in [0.4, 0.5) is 0 Å². The third-order valence-corrected chi connectivity index (χ3v) is 4.84. The van der Waals surface area contributed by atoms with E-state index in [1.54, 1.807) is 11.8 Å². The van der Waals surface area contributed by atoms with Gasteiger partial charge in [0.1, 0.15) is 0 Å². The highest BCUT2D eigenvalue weighted by Gasteiger charge is 2.30. The van der Waals surface area contributed by atoms with Crippen molar-refractivity contribution in [1.29, 1.82) is 0 Å². The Morgan fingerprint density at radius 2 is 2.11 bits per heavy atom. The van der Waals surface area contributed by atoms with Gasteiger partial charge in [-0.1, -0.05) is 25.0 Å². The van der Waals surface area contributed by atoms with E-state index in [2.05, 4.69) is 0 Å². The molecule has 0 aliphatic heterocycles. The van der Waals surface area contributed by atoms with Crippen LogP contribution in [0.2, 0.25) is 0 Å². The molecule has 1 aliphatic rings. The third-order valence-electron chi connectivity index (χ3n) is 3.57. The summed E-state index contributed by atoms with van der Waals surface area (Å²) in [5.41, 5.74) is 5.61. The lowest BCUT2D eigenvalue weighted by Crippen LogP contribution is -2.27. The van der Waals surface area contributed by atoms with Crippen LogP contribution < -0.4 is 5.73 Å². The molecule has 0 atom stereocenters. The summed E-state index contributed by atoms with van der Waals surface area (Å²) in [4.78, 5) is 12.8. The average molecular weight is 279 g/mol. The van der Waals surface area contributed by atoms with Gasteiger partial charge in [-0.05, 0) is 31.5 Å². The Kier molecular flexibility index (Phi) is 5.02. The van der Waals surface area contributed by atoms with E-state index in [4.69, 9.17) is 5.73 Å². The van der Waals surface area contributed by atoms with Gasteiger partial charge in [0.15, 0.2) is 5.78 Å². The topological polar surface area (TPSA) is 63.3 Å². The normalized spacial score (nSPS) is 17.6. The zero-order chi connectivity index (χ0) is 13.7. The van der Waals surface area contributed by atoms with Crippen molar-refractivity contribution < 1.29 is 9.90 Å². The molecule has 4 heteroatoms. The van der Waals surface area contributed by atoms with Crippen LogP contribution in [0.3, 0.4) is 0 Å². The van der Waals surface area contributed by atoms with Gasteiger partial charge in [-0.2, -0.15) is 0 Å². The fourth-order valence-corrected chi connectivity index (χ4v) is 3.54. The number of thioether (sulfide) groups is 1. The van der Waals surface area contributed by atoms with E-state index in [1.807, 2.05) is 24.3 Å². The number of ketones is 1. The summed E-state index contributed by atoms with van der Waals surface area (Å²) < 4.78 is 0. The Labute approximate surface area is 118 Å². The van der Waals surface area contributed by atoms with Gasteiger partial charge < -0.3 is 10.8 Å². The van der Waals surface area contributed by atoms with Crippen molar-refractivity contribution in [3.8, 4) is 0 Å². The first-order valence-corrected chi connectivity index (χ1v) is 7.80. The Morgan fingerprint density at radius 1 is 1.37 bits per heavy atom. The van der Waals surface area contributed by atoms with Crippen molar-refractivity contribution in [2.75, 3.05) is 12.3 Å². The predicted molar refractivity (Wildman–Crippen MR) is 78.6 cm³/mol. The quantitative estimate of drug-likeness (QED) is 0.620. The maximum absolute atomic E-state index is 11.8. The van der Waals surface area contributed by atoms with Gasteiger partial charge in [0, 0.05) is 22.6 Å². The highest BCUT2D eigenvalue weighted by molar-refractivity contribution is 7.99. The molecule has 0 bridgehead atoms. The van der Waals surface area contributed by atoms with Gasteiger partial charge in [-0.3, -0.25) is 4.79 Å². The molecule has 0 saturated heterocycles. The SMILES string of the molecule is NCCC(=O)c1cccc(SCC2(O)CCCC2)c1. The highest BCUT2D eigenvalue weighted by atomic mass is 32.2. The van der Waals surface area contributed by atoms with E-state index < -0.39 is 5.60 Å². The van der Waals surface area contributed by atoms with Crippen LogP contribution in [0.15, 0.2) is 29.2 Å². The Bertz CT molecular complexity index is 442. The summed E-state index contributed by atoms with van der Waals surface area (Å²) in [6, 6.07) is 7.61. The lowest BCUT2D eigenvalue weighted by atomic mass is 10.1. The van der Waals surface area contributed by atoms with Gasteiger partial charge in [0.25, 0.3) is 0 Å². The maximum Gasteiger partial charge on any atom is 0.164 e. The summed E-state index contributed by atoms with van der Waals surface area (Å²) in [6.45, 7) is 0.385. The van der Waals surface area contributed by atoms with E-state index in [0.29, 0.717) is 24.3 Å². The van der Waals surface area contributed by atoms with Crippen LogP contribution in [0.1, 0.15) is 42.5 Å². The number of carbonyl (C=O) groups excluding carboxylic acids is 1. The first-order chi connectivity index (χ1) is 9.13. The third kappa shape index (κ3) is 4.06. The second kappa shape index (κ2) is 6.55. The number of carbonyl (C=O) groups is 1. The van der Waals surface area contributed by atoms with Gasteiger partial charge in [0.05, 0.1) is 5.60 Å². The van der Waals surface area contributed by atoms with Crippen LogP contribution >= 0.6 is 11.8 Å². The maximum atomic E-state index is 11.8. The van der Waals surface area contributed by atoms with E-state index in [-0.39, 0.29) is 5.78 Å². The van der Waals surface area contributed by atoms with Gasteiger partial charge in [-0.25, -0.2) is 0 Å². The van der Waals surface area contributed by atoms with Crippen molar-refractivity contribution in [3.63, 3.8) is 0 Å². The van der Waals surface area contributed by atoms with E-state index >= 15 is 0 Å². The number of nitrogens with two attached hydrogens (primary N) is 1. The standard InChI is InChI=1S/C15H21NO2S/c16-9-6-14(17)12-4-3-5-13(10-12)19-11-15(18)7-1-2-8-15/h3-5,10,18H,1-2,6-9,11,16H2. The second-order valence-electron chi connectivity index (χ2n) is 5.21. The van der Waals surface area contributed by atoms with Crippen molar-refractivity contribution in [2.24, 2.45) is 5.73 Å². The number of hydrogen-bond acceptors (Lipinski definition) is 4. The molecule has 0 amide bonds. The molecule has 0 aromatic heterocycles. The van der Waals surface area contributed by atoms with Gasteiger partial charge in [0.2, 0.25) is 0 Å². The molecule has 3 nitrogen and oxygen atoms in total. The van der Waals surface area contributed by atoms with E-state index in [9.17, 15) is 9.90 Å². The molecular formula is C15H21NO2S. The fourth-order valence-electron chi connectivity index (χ4n) is 2.43. The number of hydrogen-bond donors (Lipinski definition) is 2. The van der Waals surface area contributed by atoms with Crippen LogP contribution in [-0.2, 0) is 0 Å². The second-order valence-corrected chi connectivity index (χ2v) is 6.26. The summed E-state index contributed by atoms with van der Waals surface area (Å²) in [5, 5.41) is 10.3. The van der Waals surface area contributed by atoms with Gasteiger partial charge >= 0.3 is 0 Å². The molecule has 1 aliphatic carbocycles. The van der Waals surface area contributed by atoms with Crippen LogP contribution in [0.5, 0.6) is 0 Å². The molecule has 0 unspecified atom stereocenters. The van der Waals surface area contributed by atoms with Crippen molar-refractivity contribution in [2.45, 2.75) is 42.6 Å². The molecule has 0 heterocycles. The number of aliphatic hydroxyl groups is 1. The first-order valence-electron chi connectivity index (χ1n) is 6.81. The van der Waals surface area contributed by atoms with Crippen LogP contribution in [0.25, 0.3) is 0 Å². The van der Waals surface area contributed by atoms with Crippen LogP contribution in [-0.4, -0.2) is 28.8 Å². The molecular weight excluding hydrogens is 258 g/mol. The molecule has 2 rings (SSSR count). The number of Topliss-reactive ketones (excluding diaryl/α,β-unsaturated/α-hetero) is 1. The van der Waals surface area contributed by atoms with Crippen molar-refractivity contribution >= 4 is 17.5 Å². The first kappa shape index (κ1) is 14.6. The molecule has 1 aromatic rings. The van der Waals surface area contributed by atoms with Crippen molar-refractivity contribution in [1.82, 2.24) is 0 Å². The minimum atomic E-state index is -0.512. The van der Waals surface area contributed by atoms with E-state index in [1.165, 1.54) is 0 Å². The largest absolute Gasteiger partial charge is 0.389 e. The molecule has 19 heavy (non-hydrogen) atoms. The monoisotopic (exact) mass is 279 g/mol. The molecule has 0 spiro atoms. The zero-order valence-electron chi connectivity index (χ0n) is 11.1.